The van der Waals surface area contributed by atoms with E-state index in [4.69, 9.17) is 15.0 Å². The van der Waals surface area contributed by atoms with Crippen molar-refractivity contribution in [3.63, 3.8) is 0 Å². The van der Waals surface area contributed by atoms with Gasteiger partial charge in [-0.2, -0.15) is 0 Å². The number of hydrogen-bond donors (Lipinski definition) is 1. The predicted molar refractivity (Wildman–Crippen MR) is 42.8 cm³/mol. The van der Waals surface area contributed by atoms with E-state index in [2.05, 4.69) is 5.16 Å². The van der Waals surface area contributed by atoms with Gasteiger partial charge in [0.2, 0.25) is 0 Å². The monoisotopic (exact) mass is 168 g/mol. The summed E-state index contributed by atoms with van der Waals surface area (Å²) in [4.78, 5) is 0. The highest BCUT2D eigenvalue weighted by molar-refractivity contribution is 5.20. The van der Waals surface area contributed by atoms with Gasteiger partial charge in [0.05, 0.1) is 12.6 Å². The molecule has 2 rings (SSSR count). The highest BCUT2D eigenvalue weighted by atomic mass is 16.5. The van der Waals surface area contributed by atoms with Crippen molar-refractivity contribution in [3.05, 3.63) is 11.8 Å². The van der Waals surface area contributed by atoms with Crippen LogP contribution >= 0.6 is 0 Å². The second-order valence-corrected chi connectivity index (χ2v) is 3.24. The third kappa shape index (κ3) is 0.992. The Morgan fingerprint density at radius 3 is 2.83 bits per heavy atom. The lowest BCUT2D eigenvalue weighted by Gasteiger charge is -2.34. The first-order chi connectivity index (χ1) is 5.74. The first kappa shape index (κ1) is 7.61. The van der Waals surface area contributed by atoms with E-state index in [1.807, 2.05) is 0 Å². The van der Waals surface area contributed by atoms with Gasteiger partial charge in [0, 0.05) is 6.07 Å². The summed E-state index contributed by atoms with van der Waals surface area (Å²) in [5.74, 6) is 1.24. The van der Waals surface area contributed by atoms with Gasteiger partial charge >= 0.3 is 0 Å². The molecule has 0 unspecified atom stereocenters. The molecule has 66 valence electrons. The Morgan fingerprint density at radius 1 is 1.67 bits per heavy atom. The standard InChI is InChI=1S/C8H12N2O2/c1-11-7-5-6(12-10-7)8(9)3-2-4-8/h5H,2-4,9H2,1H3. The summed E-state index contributed by atoms with van der Waals surface area (Å²) in [7, 11) is 1.56. The smallest absolute Gasteiger partial charge is 0.254 e. The first-order valence-electron chi connectivity index (χ1n) is 4.05. The van der Waals surface area contributed by atoms with Crippen molar-refractivity contribution in [2.75, 3.05) is 7.11 Å². The van der Waals surface area contributed by atoms with Crippen molar-refractivity contribution in [2.24, 2.45) is 5.73 Å². The Balaban J connectivity index is 2.22. The molecule has 0 bridgehead atoms. The zero-order valence-corrected chi connectivity index (χ0v) is 7.04. The van der Waals surface area contributed by atoms with Gasteiger partial charge in [-0.25, -0.2) is 0 Å². The molecule has 0 radical (unpaired) electrons. The summed E-state index contributed by atoms with van der Waals surface area (Å²) >= 11 is 0. The van der Waals surface area contributed by atoms with Crippen LogP contribution in [0.15, 0.2) is 10.6 Å². The third-order valence-corrected chi connectivity index (χ3v) is 2.43. The number of ether oxygens (including phenoxy) is 1. The first-order valence-corrected chi connectivity index (χ1v) is 4.05. The Hall–Kier alpha value is -1.03. The predicted octanol–water partition coefficient (Wildman–Crippen LogP) is 1.02. The number of rotatable bonds is 2. The molecule has 1 fully saturated rings. The fourth-order valence-electron chi connectivity index (χ4n) is 1.39. The fourth-order valence-corrected chi connectivity index (χ4v) is 1.39. The van der Waals surface area contributed by atoms with Crippen LogP contribution in [-0.4, -0.2) is 12.3 Å². The van der Waals surface area contributed by atoms with Crippen LogP contribution in [0, 0.1) is 0 Å². The van der Waals surface area contributed by atoms with Crippen LogP contribution in [0.5, 0.6) is 5.88 Å². The van der Waals surface area contributed by atoms with Gasteiger partial charge in [-0.05, 0) is 24.4 Å². The Kier molecular flexibility index (Phi) is 1.58. The summed E-state index contributed by atoms with van der Waals surface area (Å²) in [5, 5.41) is 3.71. The van der Waals surface area contributed by atoms with E-state index in [1.165, 1.54) is 6.42 Å². The number of methoxy groups -OCH3 is 1. The quantitative estimate of drug-likeness (QED) is 0.716. The molecule has 1 saturated carbocycles. The van der Waals surface area contributed by atoms with E-state index < -0.39 is 0 Å². The molecule has 0 spiro atoms. The normalized spacial score (nSPS) is 20.2. The van der Waals surface area contributed by atoms with Gasteiger partial charge in [0.15, 0.2) is 5.76 Å². The molecule has 0 saturated heterocycles. The summed E-state index contributed by atoms with van der Waals surface area (Å²) in [6.07, 6.45) is 3.12. The maximum absolute atomic E-state index is 6.00. The molecule has 1 heterocycles. The van der Waals surface area contributed by atoms with Crippen molar-refractivity contribution in [1.82, 2.24) is 5.16 Å². The van der Waals surface area contributed by atoms with Crippen LogP contribution in [0.25, 0.3) is 0 Å². The summed E-state index contributed by atoms with van der Waals surface area (Å²) in [6, 6.07) is 1.76. The van der Waals surface area contributed by atoms with Crippen molar-refractivity contribution >= 4 is 0 Å². The molecule has 1 aromatic heterocycles. The van der Waals surface area contributed by atoms with E-state index in [0.29, 0.717) is 5.88 Å². The maximum atomic E-state index is 6.00. The second-order valence-electron chi connectivity index (χ2n) is 3.24. The molecule has 1 aliphatic rings. The molecule has 4 nitrogen and oxygen atoms in total. The molecule has 12 heavy (non-hydrogen) atoms. The van der Waals surface area contributed by atoms with Crippen molar-refractivity contribution in [3.8, 4) is 5.88 Å². The van der Waals surface area contributed by atoms with Crippen molar-refractivity contribution in [1.29, 1.82) is 0 Å². The lowest BCUT2D eigenvalue weighted by Crippen LogP contribution is -2.42. The number of hydrogen-bond acceptors (Lipinski definition) is 4. The molecule has 4 heteroatoms. The summed E-state index contributed by atoms with van der Waals surface area (Å²) in [6.45, 7) is 0. The number of nitrogens with zero attached hydrogens (tertiary/aromatic N) is 1. The van der Waals surface area contributed by atoms with Crippen molar-refractivity contribution < 1.29 is 9.26 Å². The van der Waals surface area contributed by atoms with Gasteiger partial charge in [0.1, 0.15) is 0 Å². The highest BCUT2D eigenvalue weighted by Crippen LogP contribution is 2.39. The maximum Gasteiger partial charge on any atom is 0.254 e. The van der Waals surface area contributed by atoms with Crippen LogP contribution in [0.3, 0.4) is 0 Å². The van der Waals surface area contributed by atoms with Gasteiger partial charge in [-0.15, -0.1) is 0 Å². The second kappa shape index (κ2) is 2.48. The lowest BCUT2D eigenvalue weighted by atomic mass is 9.76. The van der Waals surface area contributed by atoms with Crippen LogP contribution in [0.2, 0.25) is 0 Å². The number of aromatic nitrogens is 1. The molecule has 0 atom stereocenters. The minimum absolute atomic E-state index is 0.274. The van der Waals surface area contributed by atoms with Gasteiger partial charge in [-0.3, -0.25) is 0 Å². The minimum Gasteiger partial charge on any atom is -0.479 e. The fraction of sp³-hybridized carbons (Fsp3) is 0.625. The zero-order chi connectivity index (χ0) is 8.60. The molecule has 2 N–H and O–H groups in total. The van der Waals surface area contributed by atoms with Crippen LogP contribution in [0.1, 0.15) is 25.0 Å². The third-order valence-electron chi connectivity index (χ3n) is 2.43. The Labute approximate surface area is 70.7 Å². The molecule has 0 aliphatic heterocycles. The summed E-state index contributed by atoms with van der Waals surface area (Å²) < 4.78 is 9.96. The van der Waals surface area contributed by atoms with E-state index in [0.717, 1.165) is 18.6 Å². The Morgan fingerprint density at radius 2 is 2.42 bits per heavy atom. The molecule has 0 amide bonds. The van der Waals surface area contributed by atoms with E-state index in [1.54, 1.807) is 13.2 Å². The van der Waals surface area contributed by atoms with Gasteiger partial charge in [-0.1, -0.05) is 0 Å². The number of nitrogens with two attached hydrogens (primary N) is 1. The average Bonchev–Trinajstić information content (AvgIpc) is 2.48. The van der Waals surface area contributed by atoms with Gasteiger partial charge < -0.3 is 15.0 Å². The molecule has 0 aromatic carbocycles. The van der Waals surface area contributed by atoms with Crippen LogP contribution in [0.4, 0.5) is 0 Å². The van der Waals surface area contributed by atoms with Crippen LogP contribution in [-0.2, 0) is 5.54 Å². The van der Waals surface area contributed by atoms with E-state index >= 15 is 0 Å². The molecule has 1 aromatic rings. The van der Waals surface area contributed by atoms with Gasteiger partial charge in [0.25, 0.3) is 5.88 Å². The van der Waals surface area contributed by atoms with E-state index in [9.17, 15) is 0 Å². The largest absolute Gasteiger partial charge is 0.479 e. The highest BCUT2D eigenvalue weighted by Gasteiger charge is 2.38. The zero-order valence-electron chi connectivity index (χ0n) is 7.04. The summed E-state index contributed by atoms with van der Waals surface area (Å²) in [5.41, 5.74) is 5.73. The molecular weight excluding hydrogens is 156 g/mol. The van der Waals surface area contributed by atoms with Crippen LogP contribution < -0.4 is 10.5 Å². The Bertz CT molecular complexity index is 278. The SMILES string of the molecule is COc1cc(C2(N)CCC2)on1. The molecule has 1 aliphatic carbocycles. The topological polar surface area (TPSA) is 61.3 Å². The minimum atomic E-state index is -0.274. The molecular formula is C8H12N2O2. The average molecular weight is 168 g/mol. The van der Waals surface area contributed by atoms with E-state index in [-0.39, 0.29) is 5.54 Å². The lowest BCUT2D eigenvalue weighted by molar-refractivity contribution is 0.187. The van der Waals surface area contributed by atoms with Crippen molar-refractivity contribution in [2.45, 2.75) is 24.8 Å².